The van der Waals surface area contributed by atoms with Crippen molar-refractivity contribution in [3.05, 3.63) is 59.7 Å². The summed E-state index contributed by atoms with van der Waals surface area (Å²) >= 11 is 0. The number of phenolic OH excluding ortho intramolecular Hbond substituents is 1. The molecule has 0 spiro atoms. The van der Waals surface area contributed by atoms with Crippen LogP contribution in [-0.2, 0) is 13.0 Å². The first-order chi connectivity index (χ1) is 9.81. The summed E-state index contributed by atoms with van der Waals surface area (Å²) in [5.41, 5.74) is 7.49. The molecule has 0 fully saturated rings. The molecule has 0 aliphatic rings. The molecular formula is C17H21NO2. The van der Waals surface area contributed by atoms with Gasteiger partial charge in [0.05, 0.1) is 0 Å². The molecule has 0 atom stereocenters. The Hall–Kier alpha value is -2.00. The zero-order chi connectivity index (χ0) is 14.2. The van der Waals surface area contributed by atoms with Gasteiger partial charge in [0.15, 0.2) is 11.5 Å². The number of ether oxygens (including phenoxy) is 1. The van der Waals surface area contributed by atoms with Crippen LogP contribution in [0, 0.1) is 0 Å². The summed E-state index contributed by atoms with van der Waals surface area (Å²) in [5, 5.41) is 10.2. The van der Waals surface area contributed by atoms with Gasteiger partial charge in [0.2, 0.25) is 0 Å². The molecule has 0 radical (unpaired) electrons. The van der Waals surface area contributed by atoms with Gasteiger partial charge in [-0.05, 0) is 43.0 Å². The highest BCUT2D eigenvalue weighted by Crippen LogP contribution is 2.31. The van der Waals surface area contributed by atoms with Crippen LogP contribution in [0.15, 0.2) is 48.5 Å². The lowest BCUT2D eigenvalue weighted by atomic mass is 10.1. The lowest BCUT2D eigenvalue weighted by Gasteiger charge is -2.11. The van der Waals surface area contributed by atoms with Crippen LogP contribution < -0.4 is 10.5 Å². The van der Waals surface area contributed by atoms with E-state index in [9.17, 15) is 5.11 Å². The lowest BCUT2D eigenvalue weighted by molar-refractivity contribution is 0.288. The molecule has 0 aliphatic heterocycles. The molecule has 0 aliphatic carbocycles. The van der Waals surface area contributed by atoms with Crippen LogP contribution in [-0.4, -0.2) is 11.7 Å². The Morgan fingerprint density at radius 1 is 0.950 bits per heavy atom. The quantitative estimate of drug-likeness (QED) is 0.760. The Kier molecular flexibility index (Phi) is 5.44. The summed E-state index contributed by atoms with van der Waals surface area (Å²) in [6, 6.07) is 15.6. The van der Waals surface area contributed by atoms with E-state index in [4.69, 9.17) is 10.5 Å². The fraction of sp³-hybridized carbons (Fsp3) is 0.294. The van der Waals surface area contributed by atoms with E-state index in [-0.39, 0.29) is 5.75 Å². The molecule has 0 bridgehead atoms. The number of nitrogens with two attached hydrogens (primary N) is 1. The van der Waals surface area contributed by atoms with Crippen LogP contribution in [0.3, 0.4) is 0 Å². The van der Waals surface area contributed by atoms with Gasteiger partial charge in [-0.1, -0.05) is 42.5 Å². The highest BCUT2D eigenvalue weighted by atomic mass is 16.5. The maximum atomic E-state index is 10.2. The standard InChI is InChI=1S/C17H21NO2/c18-12-5-4-9-15-10-6-11-16(17(15)19)20-13-14-7-2-1-3-8-14/h1-3,6-8,10-11,19H,4-5,9,12-13,18H2. The van der Waals surface area contributed by atoms with E-state index in [0.717, 1.165) is 30.4 Å². The van der Waals surface area contributed by atoms with Gasteiger partial charge in [0, 0.05) is 0 Å². The van der Waals surface area contributed by atoms with E-state index in [1.807, 2.05) is 42.5 Å². The molecule has 0 heterocycles. The number of unbranched alkanes of at least 4 members (excludes halogenated alkanes) is 1. The molecule has 0 unspecified atom stereocenters. The smallest absolute Gasteiger partial charge is 0.161 e. The second-order valence-corrected chi connectivity index (χ2v) is 4.78. The monoisotopic (exact) mass is 271 g/mol. The zero-order valence-corrected chi connectivity index (χ0v) is 11.6. The Morgan fingerprint density at radius 3 is 2.50 bits per heavy atom. The van der Waals surface area contributed by atoms with E-state index in [1.165, 1.54) is 0 Å². The lowest BCUT2D eigenvalue weighted by Crippen LogP contribution is -2.00. The topological polar surface area (TPSA) is 55.5 Å². The number of hydrogen-bond acceptors (Lipinski definition) is 3. The van der Waals surface area contributed by atoms with Crippen molar-refractivity contribution in [2.75, 3.05) is 6.54 Å². The third-order valence-electron chi connectivity index (χ3n) is 3.22. The van der Waals surface area contributed by atoms with Gasteiger partial charge in [-0.25, -0.2) is 0 Å². The largest absolute Gasteiger partial charge is 0.504 e. The van der Waals surface area contributed by atoms with Gasteiger partial charge in [-0.3, -0.25) is 0 Å². The highest BCUT2D eigenvalue weighted by Gasteiger charge is 2.08. The second kappa shape index (κ2) is 7.56. The molecule has 2 rings (SSSR count). The molecule has 0 saturated carbocycles. The third kappa shape index (κ3) is 4.00. The van der Waals surface area contributed by atoms with Gasteiger partial charge in [0.25, 0.3) is 0 Å². The van der Waals surface area contributed by atoms with Crippen molar-refractivity contribution in [3.8, 4) is 11.5 Å². The molecule has 3 heteroatoms. The van der Waals surface area contributed by atoms with Crippen LogP contribution in [0.5, 0.6) is 11.5 Å². The number of aryl methyl sites for hydroxylation is 1. The summed E-state index contributed by atoms with van der Waals surface area (Å²) in [4.78, 5) is 0. The number of rotatable bonds is 7. The number of phenols is 1. The first-order valence-corrected chi connectivity index (χ1v) is 6.99. The van der Waals surface area contributed by atoms with Gasteiger partial charge in [-0.2, -0.15) is 0 Å². The van der Waals surface area contributed by atoms with Crippen molar-refractivity contribution in [2.24, 2.45) is 5.73 Å². The maximum absolute atomic E-state index is 10.2. The molecule has 2 aromatic carbocycles. The van der Waals surface area contributed by atoms with Gasteiger partial charge in [-0.15, -0.1) is 0 Å². The number of hydrogen-bond donors (Lipinski definition) is 2. The van der Waals surface area contributed by atoms with E-state index >= 15 is 0 Å². The van der Waals surface area contributed by atoms with Crippen molar-refractivity contribution in [3.63, 3.8) is 0 Å². The molecule has 3 N–H and O–H groups in total. The fourth-order valence-electron chi connectivity index (χ4n) is 2.08. The predicted molar refractivity (Wildman–Crippen MR) is 80.9 cm³/mol. The van der Waals surface area contributed by atoms with Crippen LogP contribution in [0.2, 0.25) is 0 Å². The summed E-state index contributed by atoms with van der Waals surface area (Å²) in [5.74, 6) is 0.791. The highest BCUT2D eigenvalue weighted by molar-refractivity contribution is 5.45. The molecular weight excluding hydrogens is 250 g/mol. The van der Waals surface area contributed by atoms with Gasteiger partial charge < -0.3 is 15.6 Å². The van der Waals surface area contributed by atoms with Crippen LogP contribution in [0.1, 0.15) is 24.0 Å². The predicted octanol–water partition coefficient (Wildman–Crippen LogP) is 3.25. The average Bonchev–Trinajstić information content (AvgIpc) is 2.49. The van der Waals surface area contributed by atoms with Crippen molar-refractivity contribution < 1.29 is 9.84 Å². The molecule has 2 aromatic rings. The minimum Gasteiger partial charge on any atom is -0.504 e. The average molecular weight is 271 g/mol. The summed E-state index contributed by atoms with van der Waals surface area (Å²) in [6.45, 7) is 1.14. The maximum Gasteiger partial charge on any atom is 0.161 e. The molecule has 0 saturated heterocycles. The summed E-state index contributed by atoms with van der Waals surface area (Å²) in [7, 11) is 0. The van der Waals surface area contributed by atoms with Crippen molar-refractivity contribution in [1.29, 1.82) is 0 Å². The Labute approximate surface area is 120 Å². The molecule has 3 nitrogen and oxygen atoms in total. The Bertz CT molecular complexity index is 526. The van der Waals surface area contributed by atoms with Crippen LogP contribution in [0.4, 0.5) is 0 Å². The minimum absolute atomic E-state index is 0.250. The first-order valence-electron chi connectivity index (χ1n) is 6.99. The first kappa shape index (κ1) is 14.4. The summed E-state index contributed by atoms with van der Waals surface area (Å²) < 4.78 is 5.70. The van der Waals surface area contributed by atoms with E-state index in [2.05, 4.69) is 0 Å². The van der Waals surface area contributed by atoms with E-state index in [0.29, 0.717) is 18.9 Å². The van der Waals surface area contributed by atoms with E-state index < -0.39 is 0 Å². The minimum atomic E-state index is 0.250. The van der Waals surface area contributed by atoms with Crippen LogP contribution >= 0.6 is 0 Å². The van der Waals surface area contributed by atoms with Crippen molar-refractivity contribution >= 4 is 0 Å². The van der Waals surface area contributed by atoms with E-state index in [1.54, 1.807) is 6.07 Å². The third-order valence-corrected chi connectivity index (χ3v) is 3.22. The number of benzene rings is 2. The van der Waals surface area contributed by atoms with Crippen LogP contribution in [0.25, 0.3) is 0 Å². The number of aromatic hydroxyl groups is 1. The van der Waals surface area contributed by atoms with Gasteiger partial charge >= 0.3 is 0 Å². The number of para-hydroxylation sites is 1. The second-order valence-electron chi connectivity index (χ2n) is 4.78. The van der Waals surface area contributed by atoms with Gasteiger partial charge in [0.1, 0.15) is 6.61 Å². The molecule has 20 heavy (non-hydrogen) atoms. The SMILES string of the molecule is NCCCCc1cccc(OCc2ccccc2)c1O. The zero-order valence-electron chi connectivity index (χ0n) is 11.6. The van der Waals surface area contributed by atoms with Crippen molar-refractivity contribution in [1.82, 2.24) is 0 Å². The van der Waals surface area contributed by atoms with Crippen molar-refractivity contribution in [2.45, 2.75) is 25.9 Å². The Balaban J connectivity index is 1.99. The summed E-state index contributed by atoms with van der Waals surface area (Å²) in [6.07, 6.45) is 2.77. The Morgan fingerprint density at radius 2 is 1.75 bits per heavy atom. The molecule has 106 valence electrons. The fourth-order valence-corrected chi connectivity index (χ4v) is 2.08. The molecule has 0 amide bonds. The molecule has 0 aromatic heterocycles. The normalized spacial score (nSPS) is 10.4.